The van der Waals surface area contributed by atoms with E-state index in [1.54, 1.807) is 24.3 Å². The Balaban J connectivity index is 1.76. The first-order valence-electron chi connectivity index (χ1n) is 9.05. The highest BCUT2D eigenvalue weighted by molar-refractivity contribution is 5.79. The molecule has 7 heteroatoms. The van der Waals surface area contributed by atoms with Gasteiger partial charge in [-0.05, 0) is 24.1 Å². The maximum Gasteiger partial charge on any atom is 0.303 e. The summed E-state index contributed by atoms with van der Waals surface area (Å²) in [5.41, 5.74) is 1.26. The number of nitrogens with one attached hydrogen (secondary N) is 1. The molecular weight excluding hydrogens is 358 g/mol. The van der Waals surface area contributed by atoms with Crippen molar-refractivity contribution in [1.82, 2.24) is 14.9 Å². The van der Waals surface area contributed by atoms with Crippen LogP contribution in [0, 0.1) is 0 Å². The van der Waals surface area contributed by atoms with Gasteiger partial charge in [0, 0.05) is 13.0 Å². The zero-order valence-corrected chi connectivity index (χ0v) is 15.3. The molecule has 2 aromatic carbocycles. The quantitative estimate of drug-likeness (QED) is 0.621. The third kappa shape index (κ3) is 4.82. The number of fused-ring (bicyclic) bond motifs is 1. The summed E-state index contributed by atoms with van der Waals surface area (Å²) in [7, 11) is 0. The number of para-hydroxylation sites is 1. The number of aromatic nitrogens is 2. The number of nitrogens with zero attached hydrogens (tertiary/aromatic N) is 2. The van der Waals surface area contributed by atoms with Gasteiger partial charge in [0.1, 0.15) is 12.4 Å². The van der Waals surface area contributed by atoms with Gasteiger partial charge in [-0.2, -0.15) is 0 Å². The summed E-state index contributed by atoms with van der Waals surface area (Å²) in [6.45, 7) is 0.253. The van der Waals surface area contributed by atoms with Crippen LogP contribution in [0.4, 0.5) is 0 Å². The van der Waals surface area contributed by atoms with Crippen LogP contribution in [-0.2, 0) is 29.0 Å². The lowest BCUT2D eigenvalue weighted by Crippen LogP contribution is -2.35. The maximum absolute atomic E-state index is 12.8. The first kappa shape index (κ1) is 19.3. The van der Waals surface area contributed by atoms with E-state index < -0.39 is 5.97 Å². The molecule has 0 aliphatic heterocycles. The minimum absolute atomic E-state index is 0.0761. The molecule has 1 amide bonds. The largest absolute Gasteiger partial charge is 0.481 e. The van der Waals surface area contributed by atoms with E-state index in [1.165, 1.54) is 4.57 Å². The zero-order valence-electron chi connectivity index (χ0n) is 15.3. The van der Waals surface area contributed by atoms with E-state index in [4.69, 9.17) is 5.11 Å². The number of carboxylic acid groups (broad SMARTS) is 1. The lowest BCUT2D eigenvalue weighted by atomic mass is 10.1. The molecule has 0 aliphatic carbocycles. The molecule has 0 saturated heterocycles. The SMILES string of the molecule is O=C(O)CCc1nc2ccccc2c(=O)n1CC(=O)NCCc1ccccc1. The third-order valence-corrected chi connectivity index (χ3v) is 4.38. The average molecular weight is 379 g/mol. The predicted molar refractivity (Wildman–Crippen MR) is 105 cm³/mol. The van der Waals surface area contributed by atoms with Crippen LogP contribution in [0.1, 0.15) is 17.8 Å². The van der Waals surface area contributed by atoms with Crippen LogP contribution in [-0.4, -0.2) is 33.1 Å². The molecule has 1 heterocycles. The van der Waals surface area contributed by atoms with Crippen molar-refractivity contribution in [3.8, 4) is 0 Å². The molecule has 2 N–H and O–H groups in total. The molecule has 3 rings (SSSR count). The Kier molecular flexibility index (Phi) is 6.16. The Morgan fingerprint density at radius 2 is 1.71 bits per heavy atom. The van der Waals surface area contributed by atoms with Gasteiger partial charge < -0.3 is 10.4 Å². The van der Waals surface area contributed by atoms with Gasteiger partial charge in [0.05, 0.1) is 17.3 Å². The normalized spacial score (nSPS) is 10.7. The standard InChI is InChI=1S/C21H21N3O4/c25-19(22-13-12-15-6-2-1-3-7-15)14-24-18(10-11-20(26)27)23-17-9-5-4-8-16(17)21(24)28/h1-9H,10-14H2,(H,22,25)(H,26,27). The molecule has 7 nitrogen and oxygen atoms in total. The summed E-state index contributed by atoms with van der Waals surface area (Å²) in [5.74, 6) is -1.00. The molecule has 28 heavy (non-hydrogen) atoms. The molecule has 0 radical (unpaired) electrons. The lowest BCUT2D eigenvalue weighted by Gasteiger charge is -2.13. The second kappa shape index (κ2) is 8.94. The second-order valence-electron chi connectivity index (χ2n) is 6.42. The third-order valence-electron chi connectivity index (χ3n) is 4.38. The van der Waals surface area contributed by atoms with Crippen molar-refractivity contribution in [2.45, 2.75) is 25.8 Å². The van der Waals surface area contributed by atoms with Gasteiger partial charge in [0.15, 0.2) is 0 Å². The summed E-state index contributed by atoms with van der Waals surface area (Å²) in [6.07, 6.45) is 0.594. The van der Waals surface area contributed by atoms with Crippen LogP contribution in [0.2, 0.25) is 0 Å². The smallest absolute Gasteiger partial charge is 0.303 e. The molecule has 0 fully saturated rings. The number of amides is 1. The van der Waals surface area contributed by atoms with Crippen molar-refractivity contribution in [3.63, 3.8) is 0 Å². The van der Waals surface area contributed by atoms with E-state index >= 15 is 0 Å². The zero-order chi connectivity index (χ0) is 19.9. The number of carboxylic acids is 1. The fourth-order valence-corrected chi connectivity index (χ4v) is 2.98. The fourth-order valence-electron chi connectivity index (χ4n) is 2.98. The molecule has 0 atom stereocenters. The van der Waals surface area contributed by atoms with Gasteiger partial charge in [0.25, 0.3) is 5.56 Å². The molecule has 3 aromatic rings. The van der Waals surface area contributed by atoms with E-state index in [0.717, 1.165) is 5.56 Å². The topological polar surface area (TPSA) is 101 Å². The number of hydrogen-bond donors (Lipinski definition) is 2. The van der Waals surface area contributed by atoms with Crippen molar-refractivity contribution >= 4 is 22.8 Å². The van der Waals surface area contributed by atoms with Gasteiger partial charge >= 0.3 is 5.97 Å². The fraction of sp³-hybridized carbons (Fsp3) is 0.238. The number of hydrogen-bond acceptors (Lipinski definition) is 4. The average Bonchev–Trinajstić information content (AvgIpc) is 2.69. The Morgan fingerprint density at radius 3 is 2.46 bits per heavy atom. The van der Waals surface area contributed by atoms with Crippen molar-refractivity contribution in [2.75, 3.05) is 6.54 Å². The highest BCUT2D eigenvalue weighted by Crippen LogP contribution is 2.09. The highest BCUT2D eigenvalue weighted by atomic mass is 16.4. The van der Waals surface area contributed by atoms with Crippen molar-refractivity contribution in [2.24, 2.45) is 0 Å². The van der Waals surface area contributed by atoms with E-state index in [-0.39, 0.29) is 30.9 Å². The van der Waals surface area contributed by atoms with Crippen LogP contribution >= 0.6 is 0 Å². The van der Waals surface area contributed by atoms with E-state index in [1.807, 2.05) is 30.3 Å². The first-order chi connectivity index (χ1) is 13.5. The van der Waals surface area contributed by atoms with Crippen molar-refractivity contribution in [1.29, 1.82) is 0 Å². The number of carbonyl (C=O) groups is 2. The van der Waals surface area contributed by atoms with Crippen LogP contribution < -0.4 is 10.9 Å². The molecular formula is C21H21N3O4. The van der Waals surface area contributed by atoms with E-state index in [9.17, 15) is 14.4 Å². The molecule has 0 bridgehead atoms. The number of aryl methyl sites for hydroxylation is 1. The van der Waals surface area contributed by atoms with Crippen LogP contribution in [0.3, 0.4) is 0 Å². The van der Waals surface area contributed by atoms with Crippen molar-refractivity contribution < 1.29 is 14.7 Å². The number of benzene rings is 2. The van der Waals surface area contributed by atoms with Gasteiger partial charge in [-0.1, -0.05) is 42.5 Å². The van der Waals surface area contributed by atoms with Crippen molar-refractivity contribution in [3.05, 3.63) is 76.3 Å². The minimum Gasteiger partial charge on any atom is -0.481 e. The lowest BCUT2D eigenvalue weighted by molar-refractivity contribution is -0.137. The monoisotopic (exact) mass is 379 g/mol. The van der Waals surface area contributed by atoms with Crippen LogP contribution in [0.25, 0.3) is 10.9 Å². The molecule has 144 valence electrons. The maximum atomic E-state index is 12.8. The highest BCUT2D eigenvalue weighted by Gasteiger charge is 2.14. The van der Waals surface area contributed by atoms with Gasteiger partial charge in [-0.3, -0.25) is 19.0 Å². The van der Waals surface area contributed by atoms with Gasteiger partial charge in [-0.15, -0.1) is 0 Å². The molecule has 0 spiro atoms. The molecule has 0 saturated carbocycles. The number of carbonyl (C=O) groups excluding carboxylic acids is 1. The Hall–Kier alpha value is -3.48. The first-order valence-corrected chi connectivity index (χ1v) is 9.05. The van der Waals surface area contributed by atoms with Gasteiger partial charge in [0.2, 0.25) is 5.91 Å². The molecule has 0 unspecified atom stereocenters. The summed E-state index contributed by atoms with van der Waals surface area (Å²) >= 11 is 0. The summed E-state index contributed by atoms with van der Waals surface area (Å²) in [4.78, 5) is 40.5. The minimum atomic E-state index is -0.985. The van der Waals surface area contributed by atoms with Crippen LogP contribution in [0.5, 0.6) is 0 Å². The summed E-state index contributed by atoms with van der Waals surface area (Å²) < 4.78 is 1.27. The van der Waals surface area contributed by atoms with Crippen LogP contribution in [0.15, 0.2) is 59.4 Å². The molecule has 1 aromatic heterocycles. The van der Waals surface area contributed by atoms with Gasteiger partial charge in [-0.25, -0.2) is 4.98 Å². The summed E-state index contributed by atoms with van der Waals surface area (Å²) in [6, 6.07) is 16.6. The van der Waals surface area contributed by atoms with E-state index in [2.05, 4.69) is 10.3 Å². The Labute approximate surface area is 161 Å². The second-order valence-corrected chi connectivity index (χ2v) is 6.42. The Morgan fingerprint density at radius 1 is 1.00 bits per heavy atom. The predicted octanol–water partition coefficient (Wildman–Crippen LogP) is 1.77. The molecule has 0 aliphatic rings. The van der Waals surface area contributed by atoms with E-state index in [0.29, 0.717) is 29.7 Å². The number of aliphatic carboxylic acids is 1. The summed E-state index contributed by atoms with van der Waals surface area (Å²) in [5, 5.41) is 12.2. The Bertz CT molecular complexity index is 1040. The number of rotatable bonds is 8.